The number of urea groups is 1. The zero-order valence-electron chi connectivity index (χ0n) is 13.9. The molecule has 0 saturated carbocycles. The molecule has 0 aliphatic rings. The molecule has 9 heteroatoms. The van der Waals surface area contributed by atoms with E-state index in [1.165, 1.54) is 25.3 Å². The van der Waals surface area contributed by atoms with Crippen molar-refractivity contribution in [2.24, 2.45) is 0 Å². The fourth-order valence-electron chi connectivity index (χ4n) is 2.35. The average molecular weight is 344 g/mol. The maximum absolute atomic E-state index is 12.6. The van der Waals surface area contributed by atoms with Crippen LogP contribution in [0.2, 0.25) is 0 Å². The lowest BCUT2D eigenvalue weighted by Gasteiger charge is -2.23. The molecule has 3 heterocycles. The zero-order chi connectivity index (χ0) is 17.5. The fraction of sp³-hybridized carbons (Fsp3) is 0.375. The molecule has 132 valence electrons. The van der Waals surface area contributed by atoms with Crippen molar-refractivity contribution in [1.82, 2.24) is 30.0 Å². The highest BCUT2D eigenvalue weighted by Gasteiger charge is 2.19. The van der Waals surface area contributed by atoms with Crippen LogP contribution >= 0.6 is 0 Å². The summed E-state index contributed by atoms with van der Waals surface area (Å²) in [5.41, 5.74) is 1.34. The van der Waals surface area contributed by atoms with E-state index in [1.54, 1.807) is 11.1 Å². The fourth-order valence-corrected chi connectivity index (χ4v) is 2.35. The van der Waals surface area contributed by atoms with Crippen molar-refractivity contribution in [3.63, 3.8) is 0 Å². The molecule has 0 aliphatic carbocycles. The Bertz CT molecular complexity index is 703. The first-order valence-corrected chi connectivity index (χ1v) is 7.97. The van der Waals surface area contributed by atoms with Crippen LogP contribution in [0.25, 0.3) is 0 Å². The Labute approximate surface area is 144 Å². The summed E-state index contributed by atoms with van der Waals surface area (Å²) in [4.78, 5) is 22.4. The van der Waals surface area contributed by atoms with Crippen molar-refractivity contribution in [2.75, 3.05) is 0 Å². The van der Waals surface area contributed by atoms with Crippen molar-refractivity contribution < 1.29 is 13.6 Å². The largest absolute Gasteiger partial charge is 0.451 e. The van der Waals surface area contributed by atoms with Gasteiger partial charge in [0.1, 0.15) is 12.5 Å². The predicted octanol–water partition coefficient (Wildman–Crippen LogP) is 2.05. The summed E-state index contributed by atoms with van der Waals surface area (Å²) in [7, 11) is 0. The number of carbonyl (C=O) groups is 1. The number of oxazole rings is 2. The Morgan fingerprint density at radius 3 is 2.44 bits per heavy atom. The van der Waals surface area contributed by atoms with Gasteiger partial charge in [0.05, 0.1) is 24.5 Å². The van der Waals surface area contributed by atoms with Crippen molar-refractivity contribution in [2.45, 2.75) is 39.0 Å². The number of nitrogens with one attached hydrogen (secondary N) is 1. The second kappa shape index (κ2) is 8.13. The smallest absolute Gasteiger partial charge is 0.318 e. The third-order valence-electron chi connectivity index (χ3n) is 3.68. The molecule has 0 spiro atoms. The van der Waals surface area contributed by atoms with E-state index in [0.29, 0.717) is 24.5 Å². The van der Waals surface area contributed by atoms with Gasteiger partial charge < -0.3 is 19.1 Å². The summed E-state index contributed by atoms with van der Waals surface area (Å²) in [6, 6.07) is 1.67. The number of aryl methyl sites for hydroxylation is 1. The van der Waals surface area contributed by atoms with Crippen molar-refractivity contribution in [3.05, 3.63) is 55.2 Å². The molecule has 0 bridgehead atoms. The maximum atomic E-state index is 12.6. The van der Waals surface area contributed by atoms with Gasteiger partial charge in [-0.15, -0.1) is 0 Å². The summed E-state index contributed by atoms with van der Waals surface area (Å²) in [5.74, 6) is 0. The van der Waals surface area contributed by atoms with Gasteiger partial charge in [-0.25, -0.2) is 14.8 Å². The van der Waals surface area contributed by atoms with Gasteiger partial charge in [0.2, 0.25) is 0 Å². The minimum atomic E-state index is -0.195. The molecular formula is C16H20N6O3. The van der Waals surface area contributed by atoms with E-state index in [1.807, 2.05) is 23.9 Å². The van der Waals surface area contributed by atoms with E-state index in [-0.39, 0.29) is 12.1 Å². The van der Waals surface area contributed by atoms with Crippen LogP contribution in [0, 0.1) is 0 Å². The summed E-state index contributed by atoms with van der Waals surface area (Å²) < 4.78 is 11.8. The van der Waals surface area contributed by atoms with Crippen LogP contribution in [0.3, 0.4) is 0 Å². The average Bonchev–Trinajstić information content (AvgIpc) is 3.35. The highest BCUT2D eigenvalue weighted by Crippen LogP contribution is 2.09. The predicted molar refractivity (Wildman–Crippen MR) is 87.1 cm³/mol. The molecule has 3 aromatic rings. The first kappa shape index (κ1) is 16.7. The normalized spacial score (nSPS) is 12.0. The molecule has 3 rings (SSSR count). The molecule has 2 amide bonds. The van der Waals surface area contributed by atoms with Gasteiger partial charge in [-0.2, -0.15) is 5.10 Å². The molecule has 0 aromatic carbocycles. The van der Waals surface area contributed by atoms with E-state index >= 15 is 0 Å². The summed E-state index contributed by atoms with van der Waals surface area (Å²) >= 11 is 0. The van der Waals surface area contributed by atoms with Gasteiger partial charge >= 0.3 is 6.03 Å². The monoisotopic (exact) mass is 344 g/mol. The Morgan fingerprint density at radius 2 is 1.92 bits per heavy atom. The van der Waals surface area contributed by atoms with Gasteiger partial charge in [0.15, 0.2) is 12.8 Å². The van der Waals surface area contributed by atoms with Crippen LogP contribution in [-0.4, -0.2) is 36.7 Å². The van der Waals surface area contributed by atoms with Crippen LogP contribution in [0.4, 0.5) is 4.79 Å². The molecule has 25 heavy (non-hydrogen) atoms. The Morgan fingerprint density at radius 1 is 1.24 bits per heavy atom. The molecule has 9 nitrogen and oxygen atoms in total. The van der Waals surface area contributed by atoms with E-state index in [2.05, 4.69) is 20.4 Å². The molecule has 0 saturated heterocycles. The van der Waals surface area contributed by atoms with Crippen molar-refractivity contribution in [3.8, 4) is 0 Å². The SMILES string of the molecule is C[C@H](CCn1cccn1)NC(=O)N(Cc1cocn1)Cc1cocn1. The lowest BCUT2D eigenvalue weighted by Crippen LogP contribution is -2.43. The van der Waals surface area contributed by atoms with Crippen molar-refractivity contribution in [1.29, 1.82) is 0 Å². The van der Waals surface area contributed by atoms with Crippen LogP contribution in [0.1, 0.15) is 24.7 Å². The number of hydrogen-bond acceptors (Lipinski definition) is 6. The Kier molecular flexibility index (Phi) is 5.45. The summed E-state index contributed by atoms with van der Waals surface area (Å²) in [6.07, 6.45) is 10.1. The highest BCUT2D eigenvalue weighted by molar-refractivity contribution is 5.74. The second-order valence-electron chi connectivity index (χ2n) is 5.72. The van der Waals surface area contributed by atoms with E-state index in [0.717, 1.165) is 13.0 Å². The molecule has 1 atom stereocenters. The quantitative estimate of drug-likeness (QED) is 0.671. The number of rotatable bonds is 8. The van der Waals surface area contributed by atoms with Crippen LogP contribution in [-0.2, 0) is 19.6 Å². The van der Waals surface area contributed by atoms with Gasteiger partial charge in [-0.05, 0) is 19.4 Å². The maximum Gasteiger partial charge on any atom is 0.318 e. The van der Waals surface area contributed by atoms with Gasteiger partial charge in [-0.3, -0.25) is 4.68 Å². The molecule has 0 fully saturated rings. The number of amides is 2. The highest BCUT2D eigenvalue weighted by atomic mass is 16.3. The van der Waals surface area contributed by atoms with Crippen LogP contribution in [0.5, 0.6) is 0 Å². The van der Waals surface area contributed by atoms with E-state index < -0.39 is 0 Å². The molecule has 0 radical (unpaired) electrons. The summed E-state index contributed by atoms with van der Waals surface area (Å²) in [5, 5.41) is 7.15. The van der Waals surface area contributed by atoms with Gasteiger partial charge in [0.25, 0.3) is 0 Å². The topological polar surface area (TPSA) is 102 Å². The molecule has 1 N–H and O–H groups in total. The lowest BCUT2D eigenvalue weighted by atomic mass is 10.2. The van der Waals surface area contributed by atoms with Crippen LogP contribution < -0.4 is 5.32 Å². The number of hydrogen-bond donors (Lipinski definition) is 1. The zero-order valence-corrected chi connectivity index (χ0v) is 13.9. The van der Waals surface area contributed by atoms with E-state index in [9.17, 15) is 4.79 Å². The Balaban J connectivity index is 1.57. The minimum Gasteiger partial charge on any atom is -0.451 e. The molecule has 0 unspecified atom stereocenters. The number of nitrogens with zero attached hydrogens (tertiary/aromatic N) is 5. The second-order valence-corrected chi connectivity index (χ2v) is 5.72. The van der Waals surface area contributed by atoms with Crippen molar-refractivity contribution >= 4 is 6.03 Å². The lowest BCUT2D eigenvalue weighted by molar-refractivity contribution is 0.186. The standard InChI is InChI=1S/C16H20N6O3/c1-13(3-6-22-5-2-4-19-22)20-16(23)21(7-14-9-24-11-17-14)8-15-10-25-12-18-15/h2,4-5,9-13H,3,6-8H2,1H3,(H,20,23)/t13-/m1/s1. The van der Waals surface area contributed by atoms with Crippen LogP contribution in [0.15, 0.2) is 52.6 Å². The Hall–Kier alpha value is -3.10. The first-order valence-electron chi connectivity index (χ1n) is 7.97. The first-order chi connectivity index (χ1) is 12.2. The van der Waals surface area contributed by atoms with E-state index in [4.69, 9.17) is 8.83 Å². The minimum absolute atomic E-state index is 0.00572. The van der Waals surface area contributed by atoms with Gasteiger partial charge in [0, 0.05) is 25.0 Å². The summed E-state index contributed by atoms with van der Waals surface area (Å²) in [6.45, 7) is 3.34. The third kappa shape index (κ3) is 4.93. The number of aromatic nitrogens is 4. The van der Waals surface area contributed by atoms with Gasteiger partial charge in [-0.1, -0.05) is 0 Å². The third-order valence-corrected chi connectivity index (χ3v) is 3.68. The number of carbonyl (C=O) groups excluding carboxylic acids is 1. The molecule has 3 aromatic heterocycles. The molecular weight excluding hydrogens is 324 g/mol. The molecule has 0 aliphatic heterocycles.